The fraction of sp³-hybridized carbons (Fsp3) is 0.316. The Morgan fingerprint density at radius 3 is 2.17 bits per heavy atom. The summed E-state index contributed by atoms with van der Waals surface area (Å²) in [4.78, 5) is 13.8. The summed E-state index contributed by atoms with van der Waals surface area (Å²) < 4.78 is 28.6. The van der Waals surface area contributed by atoms with Crippen molar-refractivity contribution >= 4 is 44.8 Å². The van der Waals surface area contributed by atoms with E-state index in [1.807, 2.05) is 26.0 Å². The van der Waals surface area contributed by atoms with Crippen molar-refractivity contribution in [3.05, 3.63) is 51.5 Å². The largest absolute Gasteiger partial charge is 0.492 e. The lowest BCUT2D eigenvalue weighted by Gasteiger charge is -2.18. The van der Waals surface area contributed by atoms with Crippen LogP contribution >= 0.6 is 23.2 Å². The van der Waals surface area contributed by atoms with Gasteiger partial charge in [0.05, 0.1) is 27.2 Å². The number of halogens is 2. The molecule has 2 aromatic carbocycles. The zero-order chi connectivity index (χ0) is 21.8. The average molecular weight is 460 g/mol. The van der Waals surface area contributed by atoms with Gasteiger partial charge in [-0.3, -0.25) is 9.69 Å². The van der Waals surface area contributed by atoms with Gasteiger partial charge in [-0.25, -0.2) is 13.6 Å². The molecule has 0 radical (unpaired) electrons. The molecule has 0 unspecified atom stereocenters. The van der Waals surface area contributed by atoms with Crippen LogP contribution < -0.4 is 15.2 Å². The molecule has 0 aliphatic rings. The van der Waals surface area contributed by atoms with Crippen molar-refractivity contribution in [2.45, 2.75) is 18.7 Å². The normalized spacial score (nSPS) is 11.6. The summed E-state index contributed by atoms with van der Waals surface area (Å²) in [6, 6.07) is 8.25. The monoisotopic (exact) mass is 459 g/mol. The minimum Gasteiger partial charge on any atom is -0.492 e. The number of anilines is 1. The molecule has 2 aromatic rings. The van der Waals surface area contributed by atoms with Crippen LogP contribution in [0.2, 0.25) is 10.0 Å². The molecule has 0 aliphatic heterocycles. The van der Waals surface area contributed by atoms with Gasteiger partial charge in [0.15, 0.2) is 0 Å². The fourth-order valence-corrected chi connectivity index (χ4v) is 3.95. The van der Waals surface area contributed by atoms with Gasteiger partial charge < -0.3 is 10.1 Å². The fourth-order valence-electron chi connectivity index (χ4n) is 2.67. The Balaban J connectivity index is 1.90. The topological polar surface area (TPSA) is 102 Å². The molecule has 7 nitrogen and oxygen atoms in total. The summed E-state index contributed by atoms with van der Waals surface area (Å²) in [7, 11) is -2.18. The maximum atomic E-state index is 12.3. The quantitative estimate of drug-likeness (QED) is 0.630. The van der Waals surface area contributed by atoms with Crippen molar-refractivity contribution in [3.63, 3.8) is 0 Å². The van der Waals surface area contributed by atoms with Gasteiger partial charge in [-0.2, -0.15) is 0 Å². The number of benzene rings is 2. The van der Waals surface area contributed by atoms with E-state index < -0.39 is 10.0 Å². The van der Waals surface area contributed by atoms with E-state index in [2.05, 4.69) is 11.4 Å². The van der Waals surface area contributed by atoms with E-state index in [-0.39, 0.29) is 33.1 Å². The molecular weight excluding hydrogens is 437 g/mol. The molecule has 0 atom stereocenters. The third-order valence-electron chi connectivity index (χ3n) is 3.96. The highest BCUT2D eigenvalue weighted by atomic mass is 35.5. The zero-order valence-electron chi connectivity index (χ0n) is 16.3. The van der Waals surface area contributed by atoms with Gasteiger partial charge in [0.2, 0.25) is 15.9 Å². The lowest BCUT2D eigenvalue weighted by molar-refractivity contribution is -0.117. The minimum absolute atomic E-state index is 0.0179. The van der Waals surface area contributed by atoms with Crippen molar-refractivity contribution in [1.29, 1.82) is 0 Å². The highest BCUT2D eigenvalue weighted by molar-refractivity contribution is 7.89. The van der Waals surface area contributed by atoms with E-state index in [4.69, 9.17) is 33.1 Å². The molecule has 158 valence electrons. The van der Waals surface area contributed by atoms with E-state index in [1.54, 1.807) is 11.9 Å². The Morgan fingerprint density at radius 1 is 1.10 bits per heavy atom. The van der Waals surface area contributed by atoms with E-state index >= 15 is 0 Å². The van der Waals surface area contributed by atoms with Crippen molar-refractivity contribution in [1.82, 2.24) is 4.90 Å². The van der Waals surface area contributed by atoms with Crippen molar-refractivity contribution in [3.8, 4) is 5.75 Å². The summed E-state index contributed by atoms with van der Waals surface area (Å²) in [5, 5.41) is 7.62. The number of rotatable bonds is 8. The molecule has 0 aliphatic carbocycles. The van der Waals surface area contributed by atoms with Crippen LogP contribution in [0.25, 0.3) is 0 Å². The Bertz CT molecular complexity index is 969. The van der Waals surface area contributed by atoms with Gasteiger partial charge in [0.25, 0.3) is 0 Å². The third kappa shape index (κ3) is 7.17. The van der Waals surface area contributed by atoms with Crippen molar-refractivity contribution < 1.29 is 17.9 Å². The predicted octanol–water partition coefficient (Wildman–Crippen LogP) is 3.21. The van der Waals surface area contributed by atoms with Gasteiger partial charge in [-0.05, 0) is 56.3 Å². The smallest absolute Gasteiger partial charge is 0.238 e. The Hall–Kier alpha value is -1.84. The summed E-state index contributed by atoms with van der Waals surface area (Å²) >= 11 is 12.1. The molecule has 0 aromatic heterocycles. The number of hydrogen-bond donors (Lipinski definition) is 2. The van der Waals surface area contributed by atoms with E-state index in [0.717, 1.165) is 29.0 Å². The minimum atomic E-state index is -3.95. The number of nitrogens with two attached hydrogens (primary N) is 1. The first-order valence-corrected chi connectivity index (χ1v) is 11.0. The average Bonchev–Trinajstić information content (AvgIpc) is 2.56. The number of likely N-dealkylation sites (N-methyl/N-ethyl adjacent to an activating group) is 1. The van der Waals surface area contributed by atoms with Gasteiger partial charge in [-0.1, -0.05) is 29.3 Å². The van der Waals surface area contributed by atoms with Crippen LogP contribution in [-0.2, 0) is 14.8 Å². The zero-order valence-corrected chi connectivity index (χ0v) is 18.7. The number of ether oxygens (including phenoxy) is 1. The molecule has 1 amide bonds. The van der Waals surface area contributed by atoms with Crippen LogP contribution in [0, 0.1) is 13.8 Å². The van der Waals surface area contributed by atoms with Crippen LogP contribution in [0.3, 0.4) is 0 Å². The number of carbonyl (C=O) groups is 1. The second-order valence-electron chi connectivity index (χ2n) is 6.76. The second kappa shape index (κ2) is 9.77. The number of primary sulfonamides is 1. The first kappa shape index (κ1) is 23.4. The highest BCUT2D eigenvalue weighted by Gasteiger charge is 2.17. The SMILES string of the molecule is Cc1cc(C)cc(OCCN(C)CC(=O)Nc2c(Cl)cc(S(N)(=O)=O)cc2Cl)c1. The molecule has 0 saturated carbocycles. The summed E-state index contributed by atoms with van der Waals surface area (Å²) in [6.45, 7) is 5.01. The number of nitrogens with one attached hydrogen (secondary N) is 1. The summed E-state index contributed by atoms with van der Waals surface area (Å²) in [5.74, 6) is 0.430. The Labute approximate surface area is 180 Å². The molecule has 0 bridgehead atoms. The van der Waals surface area contributed by atoms with Crippen LogP contribution in [0.15, 0.2) is 35.2 Å². The Morgan fingerprint density at radius 2 is 1.66 bits per heavy atom. The first-order valence-electron chi connectivity index (χ1n) is 8.67. The third-order valence-corrected chi connectivity index (χ3v) is 5.45. The number of aryl methyl sites for hydroxylation is 2. The van der Waals surface area contributed by atoms with Crippen LogP contribution in [-0.4, -0.2) is 46.0 Å². The number of amides is 1. The molecule has 0 spiro atoms. The molecule has 3 N–H and O–H groups in total. The summed E-state index contributed by atoms with van der Waals surface area (Å²) in [5.41, 5.74) is 2.37. The van der Waals surface area contributed by atoms with Gasteiger partial charge in [0.1, 0.15) is 12.4 Å². The van der Waals surface area contributed by atoms with Crippen molar-refractivity contribution in [2.75, 3.05) is 32.1 Å². The molecule has 0 fully saturated rings. The van der Waals surface area contributed by atoms with Gasteiger partial charge >= 0.3 is 0 Å². The van der Waals surface area contributed by atoms with E-state index in [9.17, 15) is 13.2 Å². The molecule has 2 rings (SSSR count). The van der Waals surface area contributed by atoms with Gasteiger partial charge in [0, 0.05) is 6.54 Å². The predicted molar refractivity (Wildman–Crippen MR) is 115 cm³/mol. The number of nitrogens with zero attached hydrogens (tertiary/aromatic N) is 1. The molecular formula is C19H23Cl2N3O4S. The lowest BCUT2D eigenvalue weighted by Crippen LogP contribution is -2.33. The maximum absolute atomic E-state index is 12.3. The van der Waals surface area contributed by atoms with E-state index in [1.165, 1.54) is 0 Å². The first-order chi connectivity index (χ1) is 13.5. The van der Waals surface area contributed by atoms with Crippen LogP contribution in [0.5, 0.6) is 5.75 Å². The maximum Gasteiger partial charge on any atom is 0.238 e. The molecule has 0 saturated heterocycles. The van der Waals surface area contributed by atoms with Crippen molar-refractivity contribution in [2.24, 2.45) is 5.14 Å². The number of hydrogen-bond acceptors (Lipinski definition) is 5. The number of carbonyl (C=O) groups excluding carboxylic acids is 1. The summed E-state index contributed by atoms with van der Waals surface area (Å²) in [6.07, 6.45) is 0. The Kier molecular flexibility index (Phi) is 7.90. The second-order valence-corrected chi connectivity index (χ2v) is 9.14. The lowest BCUT2D eigenvalue weighted by atomic mass is 10.1. The van der Waals surface area contributed by atoms with E-state index in [0.29, 0.717) is 13.2 Å². The molecule has 10 heteroatoms. The van der Waals surface area contributed by atoms with Crippen LogP contribution in [0.4, 0.5) is 5.69 Å². The standard InChI is InChI=1S/C19H23Cl2N3O4S/c1-12-6-13(2)8-14(7-12)28-5-4-24(3)11-18(25)23-19-16(20)9-15(10-17(19)21)29(22,26)27/h6-10H,4-5,11H2,1-3H3,(H,23,25)(H2,22,26,27). The molecule has 0 heterocycles. The highest BCUT2D eigenvalue weighted by Crippen LogP contribution is 2.33. The molecule has 29 heavy (non-hydrogen) atoms. The van der Waals surface area contributed by atoms with Crippen LogP contribution in [0.1, 0.15) is 11.1 Å². The van der Waals surface area contributed by atoms with Gasteiger partial charge in [-0.15, -0.1) is 0 Å². The number of sulfonamides is 1.